The van der Waals surface area contributed by atoms with E-state index in [-0.39, 0.29) is 12.1 Å². The summed E-state index contributed by atoms with van der Waals surface area (Å²) in [5.41, 5.74) is 1.19. The predicted molar refractivity (Wildman–Crippen MR) is 78.5 cm³/mol. The Labute approximate surface area is 119 Å². The van der Waals surface area contributed by atoms with Crippen molar-refractivity contribution in [2.75, 3.05) is 0 Å². The summed E-state index contributed by atoms with van der Waals surface area (Å²) in [5.74, 6) is -0.155. The van der Waals surface area contributed by atoms with E-state index < -0.39 is 5.41 Å². The predicted octanol–water partition coefficient (Wildman–Crippen LogP) is 3.70. The maximum atomic E-state index is 12.7. The van der Waals surface area contributed by atoms with Crippen LogP contribution in [0.25, 0.3) is 0 Å². The van der Waals surface area contributed by atoms with Gasteiger partial charge in [0.2, 0.25) is 0 Å². The molecule has 1 aliphatic carbocycles. The zero-order valence-corrected chi connectivity index (χ0v) is 11.6. The van der Waals surface area contributed by atoms with Crippen LogP contribution in [0.3, 0.4) is 0 Å². The Kier molecular flexibility index (Phi) is 3.31. The summed E-state index contributed by atoms with van der Waals surface area (Å²) >= 11 is 0. The fraction of sp³-hybridized carbons (Fsp3) is 0.278. The van der Waals surface area contributed by atoms with Gasteiger partial charge in [0.1, 0.15) is 11.5 Å². The smallest absolute Gasteiger partial charge is 0.321 e. The second-order valence-electron chi connectivity index (χ2n) is 5.46. The van der Waals surface area contributed by atoms with Crippen molar-refractivity contribution in [3.8, 4) is 0 Å². The van der Waals surface area contributed by atoms with E-state index in [4.69, 9.17) is 4.74 Å². The van der Waals surface area contributed by atoms with E-state index in [1.165, 1.54) is 0 Å². The van der Waals surface area contributed by atoms with E-state index in [1.54, 1.807) is 0 Å². The first kappa shape index (κ1) is 12.9. The molecule has 0 heterocycles. The highest BCUT2D eigenvalue weighted by Gasteiger charge is 2.41. The van der Waals surface area contributed by atoms with Crippen LogP contribution in [0.2, 0.25) is 0 Å². The maximum Gasteiger partial charge on any atom is 0.321 e. The van der Waals surface area contributed by atoms with E-state index in [2.05, 4.69) is 0 Å². The monoisotopic (exact) mass is 266 g/mol. The zero-order valence-electron chi connectivity index (χ0n) is 11.6. The molecule has 1 saturated carbocycles. The molecule has 2 aromatic carbocycles. The highest BCUT2D eigenvalue weighted by atomic mass is 16.5. The third kappa shape index (κ3) is 2.34. The van der Waals surface area contributed by atoms with Crippen LogP contribution in [0.1, 0.15) is 30.9 Å². The largest absolute Gasteiger partial charge is 0.461 e. The summed E-state index contributed by atoms with van der Waals surface area (Å²) in [5, 5.41) is 0. The molecule has 2 nitrogen and oxygen atoms in total. The van der Waals surface area contributed by atoms with E-state index in [0.29, 0.717) is 0 Å². The first-order valence-corrected chi connectivity index (χ1v) is 7.03. The van der Waals surface area contributed by atoms with Crippen LogP contribution in [0.4, 0.5) is 0 Å². The molecule has 1 fully saturated rings. The molecule has 0 unspecified atom stereocenters. The lowest BCUT2D eigenvalue weighted by molar-refractivity contribution is -0.149. The lowest BCUT2D eigenvalue weighted by atomic mass is 9.76. The molecule has 0 atom stereocenters. The molecule has 0 aliphatic heterocycles. The molecule has 3 rings (SSSR count). The van der Waals surface area contributed by atoms with Gasteiger partial charge in [0.15, 0.2) is 0 Å². The van der Waals surface area contributed by atoms with Gasteiger partial charge in [-0.3, -0.25) is 4.79 Å². The number of hydrogen-bond donors (Lipinski definition) is 0. The van der Waals surface area contributed by atoms with E-state index >= 15 is 0 Å². The molecule has 2 aromatic rings. The van der Waals surface area contributed by atoms with Crippen LogP contribution >= 0.6 is 0 Å². The standard InChI is InChI=1S/C18H18O2/c1-18(14-8-4-2-5-9-14,15-10-6-3-7-11-15)17(19)20-16-12-13-16/h2-11,16H,12-13H2,1H3. The molecule has 1 aliphatic rings. The minimum absolute atomic E-state index is 0.120. The molecule has 2 heteroatoms. The molecule has 0 spiro atoms. The van der Waals surface area contributed by atoms with Crippen molar-refractivity contribution in [2.24, 2.45) is 0 Å². The van der Waals surface area contributed by atoms with Crippen molar-refractivity contribution < 1.29 is 9.53 Å². The van der Waals surface area contributed by atoms with Gasteiger partial charge in [0.05, 0.1) is 0 Å². The fourth-order valence-corrected chi connectivity index (χ4v) is 2.40. The number of benzene rings is 2. The summed E-state index contributed by atoms with van der Waals surface area (Å²) in [4.78, 5) is 12.7. The summed E-state index contributed by atoms with van der Waals surface area (Å²) in [7, 11) is 0. The third-order valence-corrected chi connectivity index (χ3v) is 3.91. The zero-order chi connectivity index (χ0) is 14.0. The normalized spacial score (nSPS) is 14.8. The Morgan fingerprint density at radius 2 is 1.40 bits per heavy atom. The summed E-state index contributed by atoms with van der Waals surface area (Å²) in [6, 6.07) is 19.7. The Morgan fingerprint density at radius 1 is 0.950 bits per heavy atom. The molecule has 0 aromatic heterocycles. The quantitative estimate of drug-likeness (QED) is 0.789. The molecule has 0 saturated heterocycles. The van der Waals surface area contributed by atoms with Gasteiger partial charge in [0, 0.05) is 0 Å². The van der Waals surface area contributed by atoms with Gasteiger partial charge in [-0.2, -0.15) is 0 Å². The average Bonchev–Trinajstić information content (AvgIpc) is 3.32. The first-order valence-electron chi connectivity index (χ1n) is 7.03. The molecule has 0 radical (unpaired) electrons. The van der Waals surface area contributed by atoms with Gasteiger partial charge in [-0.05, 0) is 30.9 Å². The fourth-order valence-electron chi connectivity index (χ4n) is 2.40. The molecule has 0 N–H and O–H groups in total. The number of carbonyl (C=O) groups is 1. The Hall–Kier alpha value is -2.09. The molecular formula is C18H18O2. The van der Waals surface area contributed by atoms with Crippen molar-refractivity contribution in [3.05, 3.63) is 71.8 Å². The van der Waals surface area contributed by atoms with Crippen LogP contribution < -0.4 is 0 Å². The highest BCUT2D eigenvalue weighted by molar-refractivity contribution is 5.87. The van der Waals surface area contributed by atoms with Crippen LogP contribution in [0.15, 0.2) is 60.7 Å². The van der Waals surface area contributed by atoms with Crippen LogP contribution in [-0.4, -0.2) is 12.1 Å². The lowest BCUT2D eigenvalue weighted by Gasteiger charge is -2.28. The van der Waals surface area contributed by atoms with Gasteiger partial charge in [-0.15, -0.1) is 0 Å². The Balaban J connectivity index is 2.04. The van der Waals surface area contributed by atoms with Crippen molar-refractivity contribution in [3.63, 3.8) is 0 Å². The van der Waals surface area contributed by atoms with E-state index in [1.807, 2.05) is 67.6 Å². The Morgan fingerprint density at radius 3 is 1.80 bits per heavy atom. The maximum absolute atomic E-state index is 12.7. The number of ether oxygens (including phenoxy) is 1. The molecular weight excluding hydrogens is 248 g/mol. The van der Waals surface area contributed by atoms with Crippen LogP contribution in [-0.2, 0) is 14.9 Å². The molecule has 20 heavy (non-hydrogen) atoms. The van der Waals surface area contributed by atoms with Gasteiger partial charge in [-0.25, -0.2) is 0 Å². The minimum atomic E-state index is -0.745. The Bertz CT molecular complexity index is 546. The second-order valence-corrected chi connectivity index (χ2v) is 5.46. The first-order chi connectivity index (χ1) is 9.71. The number of hydrogen-bond acceptors (Lipinski definition) is 2. The summed E-state index contributed by atoms with van der Waals surface area (Å²) in [6.07, 6.45) is 2.10. The van der Waals surface area contributed by atoms with Gasteiger partial charge in [0.25, 0.3) is 0 Å². The molecule has 0 amide bonds. The van der Waals surface area contributed by atoms with Crippen LogP contribution in [0.5, 0.6) is 0 Å². The number of carbonyl (C=O) groups excluding carboxylic acids is 1. The van der Waals surface area contributed by atoms with Crippen molar-refractivity contribution in [1.29, 1.82) is 0 Å². The minimum Gasteiger partial charge on any atom is -0.461 e. The average molecular weight is 266 g/mol. The van der Waals surface area contributed by atoms with Crippen LogP contribution in [0, 0.1) is 0 Å². The van der Waals surface area contributed by atoms with Gasteiger partial charge in [-0.1, -0.05) is 60.7 Å². The third-order valence-electron chi connectivity index (χ3n) is 3.91. The summed E-state index contributed by atoms with van der Waals surface area (Å²) < 4.78 is 5.60. The molecule has 0 bridgehead atoms. The number of rotatable bonds is 4. The highest BCUT2D eigenvalue weighted by Crippen LogP contribution is 2.36. The second kappa shape index (κ2) is 5.12. The summed E-state index contributed by atoms with van der Waals surface area (Å²) in [6.45, 7) is 1.95. The van der Waals surface area contributed by atoms with Gasteiger partial charge >= 0.3 is 5.97 Å². The van der Waals surface area contributed by atoms with E-state index in [0.717, 1.165) is 24.0 Å². The topological polar surface area (TPSA) is 26.3 Å². The number of esters is 1. The van der Waals surface area contributed by atoms with Crippen molar-refractivity contribution in [2.45, 2.75) is 31.3 Å². The SMILES string of the molecule is CC(C(=O)OC1CC1)(c1ccccc1)c1ccccc1. The molecule has 102 valence electrons. The van der Waals surface area contributed by atoms with E-state index in [9.17, 15) is 4.79 Å². The van der Waals surface area contributed by atoms with Crippen molar-refractivity contribution in [1.82, 2.24) is 0 Å². The van der Waals surface area contributed by atoms with Gasteiger partial charge < -0.3 is 4.74 Å². The lowest BCUT2D eigenvalue weighted by Crippen LogP contribution is -2.36. The van der Waals surface area contributed by atoms with Crippen molar-refractivity contribution >= 4 is 5.97 Å².